The summed E-state index contributed by atoms with van der Waals surface area (Å²) in [5.74, 6) is -0.145. The van der Waals surface area contributed by atoms with E-state index < -0.39 is 5.97 Å². The first kappa shape index (κ1) is 20.4. The average Bonchev–Trinajstić information content (AvgIpc) is 2.64. The Morgan fingerprint density at radius 3 is 2.46 bits per heavy atom. The lowest BCUT2D eigenvalue weighted by molar-refractivity contribution is -0.139. The van der Waals surface area contributed by atoms with E-state index in [0.717, 1.165) is 38.0 Å². The molecule has 2 rings (SSSR count). The van der Waals surface area contributed by atoms with E-state index in [0.29, 0.717) is 19.5 Å². The molecule has 5 heteroatoms. The standard InChI is InChI=1S/C21H32N2O3/c1-3-22(4-2)12-10-19-16-23(13-11-18(19)15-21(25)26)20(24)14-17-8-6-5-7-9-17/h5-9,18-19H,3-4,10-16H2,1-2H3,(H,25,26)/t18-,19+/m0/s1. The van der Waals surface area contributed by atoms with Crippen molar-refractivity contribution in [2.45, 2.75) is 39.5 Å². The van der Waals surface area contributed by atoms with Crippen LogP contribution in [0.5, 0.6) is 0 Å². The molecule has 0 saturated carbocycles. The highest BCUT2D eigenvalue weighted by Gasteiger charge is 2.32. The van der Waals surface area contributed by atoms with Gasteiger partial charge in [-0.2, -0.15) is 0 Å². The minimum Gasteiger partial charge on any atom is -0.481 e. The number of hydrogen-bond donors (Lipinski definition) is 1. The zero-order valence-electron chi connectivity index (χ0n) is 16.1. The van der Waals surface area contributed by atoms with Crippen molar-refractivity contribution in [1.29, 1.82) is 0 Å². The lowest BCUT2D eigenvalue weighted by atomic mass is 9.81. The van der Waals surface area contributed by atoms with Crippen LogP contribution in [0.1, 0.15) is 38.7 Å². The zero-order valence-corrected chi connectivity index (χ0v) is 16.1. The van der Waals surface area contributed by atoms with E-state index in [-0.39, 0.29) is 24.2 Å². The van der Waals surface area contributed by atoms with Crippen LogP contribution in [0.2, 0.25) is 0 Å². The summed E-state index contributed by atoms with van der Waals surface area (Å²) < 4.78 is 0. The van der Waals surface area contributed by atoms with E-state index in [1.54, 1.807) is 0 Å². The van der Waals surface area contributed by atoms with Crippen molar-refractivity contribution in [3.8, 4) is 0 Å². The van der Waals surface area contributed by atoms with Gasteiger partial charge in [0, 0.05) is 19.5 Å². The van der Waals surface area contributed by atoms with Crippen molar-refractivity contribution in [1.82, 2.24) is 9.80 Å². The van der Waals surface area contributed by atoms with Crippen molar-refractivity contribution in [2.24, 2.45) is 11.8 Å². The number of benzene rings is 1. The van der Waals surface area contributed by atoms with Crippen LogP contribution in [-0.4, -0.2) is 59.5 Å². The maximum atomic E-state index is 12.7. The molecule has 1 fully saturated rings. The minimum atomic E-state index is -0.730. The molecule has 26 heavy (non-hydrogen) atoms. The number of likely N-dealkylation sites (tertiary alicyclic amines) is 1. The lowest BCUT2D eigenvalue weighted by Gasteiger charge is -2.39. The van der Waals surface area contributed by atoms with E-state index in [4.69, 9.17) is 0 Å². The van der Waals surface area contributed by atoms with Gasteiger partial charge in [-0.25, -0.2) is 0 Å². The molecule has 0 aromatic heterocycles. The van der Waals surface area contributed by atoms with E-state index in [2.05, 4.69) is 18.7 Å². The number of hydrogen-bond acceptors (Lipinski definition) is 3. The van der Waals surface area contributed by atoms with Gasteiger partial charge in [0.1, 0.15) is 0 Å². The summed E-state index contributed by atoms with van der Waals surface area (Å²) in [7, 11) is 0. The molecule has 1 N–H and O–H groups in total. The SMILES string of the molecule is CCN(CC)CC[C@@H]1CN(C(=O)Cc2ccccc2)CC[C@H]1CC(=O)O. The molecule has 0 bridgehead atoms. The summed E-state index contributed by atoms with van der Waals surface area (Å²) in [5, 5.41) is 9.23. The van der Waals surface area contributed by atoms with Crippen molar-refractivity contribution < 1.29 is 14.7 Å². The van der Waals surface area contributed by atoms with Crippen molar-refractivity contribution in [3.63, 3.8) is 0 Å². The molecule has 5 nitrogen and oxygen atoms in total. The fraction of sp³-hybridized carbons (Fsp3) is 0.619. The average molecular weight is 360 g/mol. The van der Waals surface area contributed by atoms with E-state index in [1.807, 2.05) is 35.2 Å². The maximum Gasteiger partial charge on any atom is 0.303 e. The molecule has 0 aliphatic carbocycles. The first-order chi connectivity index (χ1) is 12.5. The van der Waals surface area contributed by atoms with Crippen molar-refractivity contribution in [3.05, 3.63) is 35.9 Å². The quantitative estimate of drug-likeness (QED) is 0.736. The third-order valence-electron chi connectivity index (χ3n) is 5.59. The number of aliphatic carboxylic acids is 1. The zero-order chi connectivity index (χ0) is 18.9. The third kappa shape index (κ3) is 6.13. The molecule has 144 valence electrons. The number of carboxylic acids is 1. The van der Waals surface area contributed by atoms with Crippen LogP contribution >= 0.6 is 0 Å². The molecule has 0 spiro atoms. The van der Waals surface area contributed by atoms with Crippen LogP contribution in [-0.2, 0) is 16.0 Å². The first-order valence-electron chi connectivity index (χ1n) is 9.79. The normalized spacial score (nSPS) is 20.3. The van der Waals surface area contributed by atoms with Crippen molar-refractivity contribution >= 4 is 11.9 Å². The van der Waals surface area contributed by atoms with Crippen LogP contribution in [0.15, 0.2) is 30.3 Å². The van der Waals surface area contributed by atoms with Crippen LogP contribution < -0.4 is 0 Å². The topological polar surface area (TPSA) is 60.9 Å². The molecule has 1 saturated heterocycles. The van der Waals surface area contributed by atoms with Gasteiger partial charge >= 0.3 is 5.97 Å². The number of piperidine rings is 1. The predicted octanol–water partition coefficient (Wildman–Crippen LogP) is 2.90. The Labute approximate surface area is 157 Å². The summed E-state index contributed by atoms with van der Waals surface area (Å²) >= 11 is 0. The van der Waals surface area contributed by atoms with Crippen molar-refractivity contribution in [2.75, 3.05) is 32.7 Å². The fourth-order valence-corrected chi connectivity index (χ4v) is 3.90. The number of rotatable bonds is 9. The second-order valence-corrected chi connectivity index (χ2v) is 7.22. The van der Waals surface area contributed by atoms with Gasteiger partial charge in [0.05, 0.1) is 6.42 Å². The number of amides is 1. The van der Waals surface area contributed by atoms with Gasteiger partial charge in [-0.3, -0.25) is 9.59 Å². The molecule has 0 radical (unpaired) electrons. The Bertz CT molecular complexity index is 572. The van der Waals surface area contributed by atoms with Gasteiger partial charge in [0.15, 0.2) is 0 Å². The minimum absolute atomic E-state index is 0.151. The molecule has 1 aliphatic rings. The Hall–Kier alpha value is -1.88. The molecule has 2 atom stereocenters. The Morgan fingerprint density at radius 2 is 1.85 bits per heavy atom. The lowest BCUT2D eigenvalue weighted by Crippen LogP contribution is -2.45. The molecule has 1 aromatic carbocycles. The van der Waals surface area contributed by atoms with Crippen LogP contribution in [0.4, 0.5) is 0 Å². The molecular formula is C21H32N2O3. The van der Waals surface area contributed by atoms with Crippen LogP contribution in [0.3, 0.4) is 0 Å². The third-order valence-corrected chi connectivity index (χ3v) is 5.59. The Kier molecular flexibility index (Phi) is 8.10. The van der Waals surface area contributed by atoms with Gasteiger partial charge in [-0.15, -0.1) is 0 Å². The molecule has 1 aromatic rings. The number of nitrogens with zero attached hydrogens (tertiary/aromatic N) is 2. The number of carbonyl (C=O) groups is 2. The summed E-state index contributed by atoms with van der Waals surface area (Å²) in [6, 6.07) is 9.82. The van der Waals surface area contributed by atoms with Crippen LogP contribution in [0, 0.1) is 11.8 Å². The largest absolute Gasteiger partial charge is 0.481 e. The summed E-state index contributed by atoms with van der Waals surface area (Å²) in [4.78, 5) is 28.2. The number of carboxylic acid groups (broad SMARTS) is 1. The summed E-state index contributed by atoms with van der Waals surface area (Å²) in [6.07, 6.45) is 2.38. The van der Waals surface area contributed by atoms with Gasteiger partial charge < -0.3 is 14.9 Å². The summed E-state index contributed by atoms with van der Waals surface area (Å²) in [6.45, 7) is 8.63. The monoisotopic (exact) mass is 360 g/mol. The molecular weight excluding hydrogens is 328 g/mol. The fourth-order valence-electron chi connectivity index (χ4n) is 3.90. The second kappa shape index (κ2) is 10.3. The molecule has 1 aliphatic heterocycles. The summed E-state index contributed by atoms with van der Waals surface area (Å²) in [5.41, 5.74) is 1.03. The highest BCUT2D eigenvalue weighted by Crippen LogP contribution is 2.30. The first-order valence-corrected chi connectivity index (χ1v) is 9.79. The highest BCUT2D eigenvalue weighted by atomic mass is 16.4. The highest BCUT2D eigenvalue weighted by molar-refractivity contribution is 5.79. The number of carbonyl (C=O) groups excluding carboxylic acids is 1. The van der Waals surface area contributed by atoms with Gasteiger partial charge in [0.25, 0.3) is 0 Å². The van der Waals surface area contributed by atoms with E-state index in [1.165, 1.54) is 0 Å². The Balaban J connectivity index is 1.98. The van der Waals surface area contributed by atoms with Gasteiger partial charge in [0.2, 0.25) is 5.91 Å². The van der Waals surface area contributed by atoms with Gasteiger partial charge in [-0.05, 0) is 49.9 Å². The molecule has 1 heterocycles. The molecule has 1 amide bonds. The van der Waals surface area contributed by atoms with E-state index in [9.17, 15) is 14.7 Å². The predicted molar refractivity (Wildman–Crippen MR) is 103 cm³/mol. The van der Waals surface area contributed by atoms with Gasteiger partial charge in [-0.1, -0.05) is 44.2 Å². The Morgan fingerprint density at radius 1 is 1.15 bits per heavy atom. The maximum absolute atomic E-state index is 12.7. The molecule has 0 unspecified atom stereocenters. The van der Waals surface area contributed by atoms with E-state index >= 15 is 0 Å². The smallest absolute Gasteiger partial charge is 0.303 e. The second-order valence-electron chi connectivity index (χ2n) is 7.22. The van der Waals surface area contributed by atoms with Crippen LogP contribution in [0.25, 0.3) is 0 Å².